The predicted octanol–water partition coefficient (Wildman–Crippen LogP) is 5.28. The first kappa shape index (κ1) is 27.1. The van der Waals surface area contributed by atoms with Crippen LogP contribution in [-0.4, -0.2) is 67.4 Å². The standard InChI is InChI=1S/C25H25Cl2F3N4O3/c1-36-19-6-3-16(4-7-19)23-22(27)24(25(28,29)30)34(31-23)14-18(15-35)33-11-9-32(10-12-33)17-5-8-20(26)21(13-17)37-2/h3-8,13,15,18H,9-12,14H2,1-2H3. The van der Waals surface area contributed by atoms with Crippen molar-refractivity contribution in [2.75, 3.05) is 45.3 Å². The fraction of sp³-hybridized carbons (Fsp3) is 0.360. The summed E-state index contributed by atoms with van der Waals surface area (Å²) >= 11 is 12.3. The van der Waals surface area contributed by atoms with Gasteiger partial charge in [-0.25, -0.2) is 0 Å². The number of rotatable bonds is 8. The fourth-order valence-corrected chi connectivity index (χ4v) is 4.90. The molecule has 4 rings (SSSR count). The average Bonchev–Trinajstić information content (AvgIpc) is 3.23. The fourth-order valence-electron chi connectivity index (χ4n) is 4.35. The lowest BCUT2D eigenvalue weighted by Crippen LogP contribution is -2.52. The van der Waals surface area contributed by atoms with E-state index in [1.165, 1.54) is 14.2 Å². The minimum Gasteiger partial charge on any atom is -0.497 e. The number of ether oxygens (including phenoxy) is 2. The Kier molecular flexibility index (Phi) is 8.20. The van der Waals surface area contributed by atoms with Gasteiger partial charge in [0.25, 0.3) is 0 Å². The molecule has 2 heterocycles. The minimum absolute atomic E-state index is 0.0113. The molecule has 37 heavy (non-hydrogen) atoms. The van der Waals surface area contributed by atoms with Gasteiger partial charge in [0.15, 0.2) is 5.69 Å². The van der Waals surface area contributed by atoms with E-state index in [0.717, 1.165) is 10.4 Å². The smallest absolute Gasteiger partial charge is 0.434 e. The summed E-state index contributed by atoms with van der Waals surface area (Å²) < 4.78 is 53.1. The topological polar surface area (TPSA) is 59.8 Å². The van der Waals surface area contributed by atoms with E-state index in [-0.39, 0.29) is 12.2 Å². The number of halogens is 5. The highest BCUT2D eigenvalue weighted by atomic mass is 35.5. The summed E-state index contributed by atoms with van der Waals surface area (Å²) in [7, 11) is 3.03. The Hall–Kier alpha value is -2.95. The monoisotopic (exact) mass is 556 g/mol. The zero-order valence-electron chi connectivity index (χ0n) is 20.1. The highest BCUT2D eigenvalue weighted by molar-refractivity contribution is 6.33. The zero-order chi connectivity index (χ0) is 26.7. The van der Waals surface area contributed by atoms with Crippen LogP contribution in [0.25, 0.3) is 11.3 Å². The largest absolute Gasteiger partial charge is 0.497 e. The number of aldehydes is 1. The van der Waals surface area contributed by atoms with E-state index in [4.69, 9.17) is 32.7 Å². The van der Waals surface area contributed by atoms with E-state index in [1.54, 1.807) is 30.3 Å². The van der Waals surface area contributed by atoms with Crippen molar-refractivity contribution in [3.05, 3.63) is 58.2 Å². The van der Waals surface area contributed by atoms with E-state index in [0.29, 0.717) is 54.6 Å². The number of carbonyl (C=O) groups is 1. The van der Waals surface area contributed by atoms with Crippen molar-refractivity contribution < 1.29 is 27.4 Å². The van der Waals surface area contributed by atoms with Crippen LogP contribution in [0.3, 0.4) is 0 Å². The van der Waals surface area contributed by atoms with Gasteiger partial charge in [0, 0.05) is 43.5 Å². The Morgan fingerprint density at radius 2 is 1.70 bits per heavy atom. The van der Waals surface area contributed by atoms with Gasteiger partial charge in [-0.15, -0.1) is 0 Å². The molecule has 3 aromatic rings. The van der Waals surface area contributed by atoms with Crippen molar-refractivity contribution in [3.63, 3.8) is 0 Å². The third-order valence-electron chi connectivity index (χ3n) is 6.33. The number of anilines is 1. The Morgan fingerprint density at radius 3 is 2.27 bits per heavy atom. The lowest BCUT2D eigenvalue weighted by atomic mass is 10.1. The molecule has 7 nitrogen and oxygen atoms in total. The van der Waals surface area contributed by atoms with Crippen LogP contribution in [0, 0.1) is 0 Å². The van der Waals surface area contributed by atoms with Gasteiger partial charge < -0.3 is 19.2 Å². The Bertz CT molecular complexity index is 1240. The zero-order valence-corrected chi connectivity index (χ0v) is 21.6. The first-order chi connectivity index (χ1) is 17.7. The van der Waals surface area contributed by atoms with Crippen molar-refractivity contribution in [1.29, 1.82) is 0 Å². The molecule has 0 amide bonds. The predicted molar refractivity (Wildman–Crippen MR) is 136 cm³/mol. The number of benzene rings is 2. The summed E-state index contributed by atoms with van der Waals surface area (Å²) in [5, 5.41) is 4.16. The molecule has 0 N–H and O–H groups in total. The summed E-state index contributed by atoms with van der Waals surface area (Å²) in [5.41, 5.74) is 0.220. The van der Waals surface area contributed by atoms with Gasteiger partial charge in [0.05, 0.1) is 36.9 Å². The maximum absolute atomic E-state index is 14.0. The van der Waals surface area contributed by atoms with E-state index in [2.05, 4.69) is 10.00 Å². The summed E-state index contributed by atoms with van der Waals surface area (Å²) in [4.78, 5) is 16.0. The molecular weight excluding hydrogens is 532 g/mol. The number of alkyl halides is 3. The number of piperazine rings is 1. The molecular formula is C25H25Cl2F3N4O3. The highest BCUT2D eigenvalue weighted by Crippen LogP contribution is 2.40. The normalized spacial score (nSPS) is 15.5. The van der Waals surface area contributed by atoms with E-state index < -0.39 is 22.9 Å². The number of aromatic nitrogens is 2. The molecule has 1 unspecified atom stereocenters. The van der Waals surface area contributed by atoms with Crippen molar-refractivity contribution in [2.24, 2.45) is 0 Å². The molecule has 1 aromatic heterocycles. The molecule has 1 aliphatic heterocycles. The molecule has 12 heteroatoms. The lowest BCUT2D eigenvalue weighted by molar-refractivity contribution is -0.144. The number of hydrogen-bond donors (Lipinski definition) is 0. The number of hydrogen-bond acceptors (Lipinski definition) is 6. The Labute approximate surface area is 222 Å². The van der Waals surface area contributed by atoms with Crippen LogP contribution >= 0.6 is 23.2 Å². The van der Waals surface area contributed by atoms with Gasteiger partial charge in [-0.2, -0.15) is 18.3 Å². The van der Waals surface area contributed by atoms with Gasteiger partial charge in [0.1, 0.15) is 23.5 Å². The van der Waals surface area contributed by atoms with E-state index in [9.17, 15) is 18.0 Å². The van der Waals surface area contributed by atoms with Crippen molar-refractivity contribution >= 4 is 35.2 Å². The second-order valence-electron chi connectivity index (χ2n) is 8.46. The molecule has 0 aliphatic carbocycles. The van der Waals surface area contributed by atoms with Crippen molar-refractivity contribution in [3.8, 4) is 22.8 Å². The van der Waals surface area contributed by atoms with E-state index >= 15 is 0 Å². The first-order valence-electron chi connectivity index (χ1n) is 11.4. The Balaban J connectivity index is 1.53. The average molecular weight is 557 g/mol. The molecule has 0 radical (unpaired) electrons. The van der Waals surface area contributed by atoms with Gasteiger partial charge in [0.2, 0.25) is 0 Å². The molecule has 1 atom stereocenters. The number of nitrogens with zero attached hydrogens (tertiary/aromatic N) is 4. The van der Waals surface area contributed by atoms with Crippen molar-refractivity contribution in [1.82, 2.24) is 14.7 Å². The summed E-state index contributed by atoms with van der Waals surface area (Å²) in [6, 6.07) is 11.0. The summed E-state index contributed by atoms with van der Waals surface area (Å²) in [6.45, 7) is 1.78. The van der Waals surface area contributed by atoms with Gasteiger partial charge in [-0.1, -0.05) is 23.2 Å². The highest BCUT2D eigenvalue weighted by Gasteiger charge is 2.41. The van der Waals surface area contributed by atoms with Gasteiger partial charge >= 0.3 is 6.18 Å². The molecule has 198 valence electrons. The number of carbonyl (C=O) groups excluding carboxylic acids is 1. The second-order valence-corrected chi connectivity index (χ2v) is 9.25. The van der Waals surface area contributed by atoms with Crippen LogP contribution in [0.1, 0.15) is 5.69 Å². The summed E-state index contributed by atoms with van der Waals surface area (Å²) in [5.74, 6) is 1.10. The van der Waals surface area contributed by atoms with E-state index in [1.807, 2.05) is 17.0 Å². The molecule has 0 bridgehead atoms. The maximum Gasteiger partial charge on any atom is 0.434 e. The van der Waals surface area contributed by atoms with Crippen LogP contribution in [0.5, 0.6) is 11.5 Å². The first-order valence-corrected chi connectivity index (χ1v) is 12.2. The third-order valence-corrected chi connectivity index (χ3v) is 7.00. The van der Waals surface area contributed by atoms with Crippen LogP contribution in [-0.2, 0) is 17.5 Å². The SMILES string of the molecule is COc1ccc(-c2nn(CC(C=O)N3CCN(c4ccc(Cl)c(OC)c4)CC3)c(C(F)(F)F)c2Cl)cc1. The van der Waals surface area contributed by atoms with Crippen molar-refractivity contribution in [2.45, 2.75) is 18.8 Å². The van der Waals surface area contributed by atoms with Gasteiger partial charge in [-0.3, -0.25) is 9.58 Å². The Morgan fingerprint density at radius 1 is 1.03 bits per heavy atom. The molecule has 1 aliphatic rings. The minimum atomic E-state index is -4.76. The second kappa shape index (κ2) is 11.2. The molecule has 0 saturated carbocycles. The third kappa shape index (κ3) is 5.81. The number of methoxy groups -OCH3 is 2. The molecule has 1 saturated heterocycles. The van der Waals surface area contributed by atoms with Gasteiger partial charge in [-0.05, 0) is 36.4 Å². The lowest BCUT2D eigenvalue weighted by Gasteiger charge is -2.38. The molecule has 0 spiro atoms. The maximum atomic E-state index is 14.0. The summed E-state index contributed by atoms with van der Waals surface area (Å²) in [6.07, 6.45) is -4.10. The van der Waals surface area contributed by atoms with Crippen LogP contribution in [0.15, 0.2) is 42.5 Å². The van der Waals surface area contributed by atoms with Crippen LogP contribution < -0.4 is 14.4 Å². The van der Waals surface area contributed by atoms with Crippen LogP contribution in [0.2, 0.25) is 10.0 Å². The quantitative estimate of drug-likeness (QED) is 0.352. The molecule has 1 fully saturated rings. The molecule has 2 aromatic carbocycles. The van der Waals surface area contributed by atoms with Crippen LogP contribution in [0.4, 0.5) is 18.9 Å².